The van der Waals surface area contributed by atoms with E-state index in [0.717, 1.165) is 34.8 Å². The molecule has 0 bridgehead atoms. The number of hydrogen-bond donors (Lipinski definition) is 0. The molecule has 2 aliphatic heterocycles. The first-order valence-corrected chi connectivity index (χ1v) is 9.15. The molecule has 0 spiro atoms. The Morgan fingerprint density at radius 2 is 1.86 bits per heavy atom. The van der Waals surface area contributed by atoms with Gasteiger partial charge in [0.05, 0.1) is 26.5 Å². The number of ether oxygens (including phenoxy) is 3. The number of hydrogen-bond acceptors (Lipinski definition) is 6. The quantitative estimate of drug-likeness (QED) is 0.669. The normalized spacial score (nSPS) is 20.1. The van der Waals surface area contributed by atoms with Gasteiger partial charge in [0.15, 0.2) is 11.5 Å². The number of furan rings is 1. The Morgan fingerprint density at radius 3 is 2.64 bits per heavy atom. The van der Waals surface area contributed by atoms with Crippen LogP contribution in [0.2, 0.25) is 0 Å². The van der Waals surface area contributed by atoms with Crippen LogP contribution in [0.25, 0.3) is 0 Å². The molecule has 6 heteroatoms. The Kier molecular flexibility index (Phi) is 3.97. The molecule has 2 aromatic carbocycles. The summed E-state index contributed by atoms with van der Waals surface area (Å²) < 4.78 is 22.8. The first-order chi connectivity index (χ1) is 13.8. The highest BCUT2D eigenvalue weighted by Gasteiger charge is 2.41. The second-order valence-electron chi connectivity index (χ2n) is 6.75. The summed E-state index contributed by atoms with van der Waals surface area (Å²) in [7, 11) is 3.26. The number of nitrogens with zero attached hydrogens (tertiary/aromatic N) is 2. The van der Waals surface area contributed by atoms with Gasteiger partial charge in [0.25, 0.3) is 0 Å². The van der Waals surface area contributed by atoms with E-state index in [2.05, 4.69) is 6.07 Å². The lowest BCUT2D eigenvalue weighted by Gasteiger charge is -2.38. The van der Waals surface area contributed by atoms with E-state index in [0.29, 0.717) is 11.5 Å². The summed E-state index contributed by atoms with van der Waals surface area (Å²) in [5.74, 6) is 3.01. The summed E-state index contributed by atoms with van der Waals surface area (Å²) in [5.41, 5.74) is 2.99. The molecule has 28 heavy (non-hydrogen) atoms. The third-order valence-electron chi connectivity index (χ3n) is 5.20. The van der Waals surface area contributed by atoms with Crippen LogP contribution >= 0.6 is 0 Å². The van der Waals surface area contributed by atoms with Crippen molar-refractivity contribution in [2.75, 3.05) is 14.2 Å². The molecule has 0 saturated heterocycles. The summed E-state index contributed by atoms with van der Waals surface area (Å²) in [5, 5.41) is 6.88. The summed E-state index contributed by atoms with van der Waals surface area (Å²) in [6.45, 7) is 0. The molecule has 0 aliphatic carbocycles. The second-order valence-corrected chi connectivity index (χ2v) is 6.75. The largest absolute Gasteiger partial charge is 0.493 e. The van der Waals surface area contributed by atoms with E-state index in [4.69, 9.17) is 23.7 Å². The predicted octanol–water partition coefficient (Wildman–Crippen LogP) is 4.54. The molecule has 3 aromatic rings. The van der Waals surface area contributed by atoms with Gasteiger partial charge in [-0.05, 0) is 36.4 Å². The molecule has 0 radical (unpaired) electrons. The molecule has 5 rings (SSSR count). The molecule has 2 atom stereocenters. The first-order valence-electron chi connectivity index (χ1n) is 9.15. The summed E-state index contributed by atoms with van der Waals surface area (Å²) >= 11 is 0. The minimum Gasteiger partial charge on any atom is -0.493 e. The van der Waals surface area contributed by atoms with Gasteiger partial charge in [-0.15, -0.1) is 0 Å². The van der Waals surface area contributed by atoms with E-state index in [-0.39, 0.29) is 12.3 Å². The van der Waals surface area contributed by atoms with Crippen molar-refractivity contribution in [3.8, 4) is 17.2 Å². The molecule has 6 nitrogen and oxygen atoms in total. The molecular formula is C22H20N2O4. The van der Waals surface area contributed by atoms with Crippen molar-refractivity contribution < 1.29 is 18.6 Å². The zero-order valence-corrected chi connectivity index (χ0v) is 15.7. The van der Waals surface area contributed by atoms with Gasteiger partial charge in [0.1, 0.15) is 17.2 Å². The van der Waals surface area contributed by atoms with Crippen LogP contribution < -0.4 is 14.2 Å². The van der Waals surface area contributed by atoms with E-state index >= 15 is 0 Å². The molecule has 0 fully saturated rings. The van der Waals surface area contributed by atoms with Crippen molar-refractivity contribution in [1.82, 2.24) is 5.01 Å². The third kappa shape index (κ3) is 2.60. The van der Waals surface area contributed by atoms with Crippen LogP contribution in [0, 0.1) is 0 Å². The Balaban J connectivity index is 1.59. The van der Waals surface area contributed by atoms with Gasteiger partial charge in [0.2, 0.25) is 6.23 Å². The standard InChI is InChI=1S/C22H20N2O4/c1-25-20-10-9-14(12-21(20)26-2)22-24-17(15-6-3-4-7-18(15)28-22)13-16(23-24)19-8-5-11-27-19/h3-12,17,22H,13H2,1-2H3/t17-,22+/m0/s1. The topological polar surface area (TPSA) is 56.4 Å². The smallest absolute Gasteiger partial charge is 0.214 e. The predicted molar refractivity (Wildman–Crippen MR) is 104 cm³/mol. The van der Waals surface area contributed by atoms with Crippen LogP contribution in [-0.4, -0.2) is 24.9 Å². The lowest BCUT2D eigenvalue weighted by atomic mass is 9.97. The Hall–Kier alpha value is -3.41. The van der Waals surface area contributed by atoms with Crippen molar-refractivity contribution in [2.24, 2.45) is 5.10 Å². The molecule has 3 heterocycles. The Bertz CT molecular complexity index is 1030. The Labute approximate surface area is 162 Å². The Morgan fingerprint density at radius 1 is 1.00 bits per heavy atom. The van der Waals surface area contributed by atoms with E-state index in [9.17, 15) is 0 Å². The van der Waals surface area contributed by atoms with Gasteiger partial charge < -0.3 is 18.6 Å². The molecule has 0 saturated carbocycles. The fourth-order valence-corrected chi connectivity index (χ4v) is 3.85. The molecular weight excluding hydrogens is 356 g/mol. The van der Waals surface area contributed by atoms with Gasteiger partial charge in [-0.2, -0.15) is 5.10 Å². The summed E-state index contributed by atoms with van der Waals surface area (Å²) in [6, 6.07) is 17.8. The maximum absolute atomic E-state index is 6.36. The van der Waals surface area contributed by atoms with Crippen LogP contribution in [0.4, 0.5) is 0 Å². The number of benzene rings is 2. The molecule has 142 valence electrons. The van der Waals surface area contributed by atoms with E-state index < -0.39 is 0 Å². The van der Waals surface area contributed by atoms with E-state index in [1.165, 1.54) is 0 Å². The van der Waals surface area contributed by atoms with E-state index in [1.807, 2.05) is 53.5 Å². The fraction of sp³-hybridized carbons (Fsp3) is 0.227. The second kappa shape index (κ2) is 6.64. The molecule has 2 aliphatic rings. The highest BCUT2D eigenvalue weighted by molar-refractivity contribution is 5.99. The average molecular weight is 376 g/mol. The minimum atomic E-state index is -0.368. The lowest BCUT2D eigenvalue weighted by molar-refractivity contribution is -0.0191. The zero-order valence-electron chi connectivity index (χ0n) is 15.7. The average Bonchev–Trinajstić information content (AvgIpc) is 3.42. The summed E-state index contributed by atoms with van der Waals surface area (Å²) in [6.07, 6.45) is 2.07. The van der Waals surface area contributed by atoms with Crippen LogP contribution in [0.15, 0.2) is 70.4 Å². The fourth-order valence-electron chi connectivity index (χ4n) is 3.85. The summed E-state index contributed by atoms with van der Waals surface area (Å²) in [4.78, 5) is 0. The highest BCUT2D eigenvalue weighted by atomic mass is 16.5. The number of methoxy groups -OCH3 is 2. The molecule has 0 amide bonds. The maximum atomic E-state index is 6.36. The van der Waals surface area contributed by atoms with Gasteiger partial charge in [-0.25, -0.2) is 5.01 Å². The minimum absolute atomic E-state index is 0.0862. The highest BCUT2D eigenvalue weighted by Crippen LogP contribution is 2.48. The first kappa shape index (κ1) is 16.7. The van der Waals surface area contributed by atoms with Crippen LogP contribution in [-0.2, 0) is 0 Å². The number of para-hydroxylation sites is 1. The maximum Gasteiger partial charge on any atom is 0.214 e. The lowest BCUT2D eigenvalue weighted by Crippen LogP contribution is -2.33. The van der Waals surface area contributed by atoms with Crippen LogP contribution in [0.3, 0.4) is 0 Å². The SMILES string of the molecule is COc1ccc([C@H]2Oc3ccccc3[C@@H]3CC(c4ccco4)=NN23)cc1OC. The van der Waals surface area contributed by atoms with Crippen molar-refractivity contribution in [3.05, 3.63) is 77.7 Å². The molecule has 0 unspecified atom stereocenters. The van der Waals surface area contributed by atoms with Crippen molar-refractivity contribution in [2.45, 2.75) is 18.7 Å². The van der Waals surface area contributed by atoms with Crippen molar-refractivity contribution in [1.29, 1.82) is 0 Å². The van der Waals surface area contributed by atoms with Gasteiger partial charge >= 0.3 is 0 Å². The van der Waals surface area contributed by atoms with Gasteiger partial charge in [-0.1, -0.05) is 18.2 Å². The van der Waals surface area contributed by atoms with Crippen LogP contribution in [0.5, 0.6) is 17.2 Å². The van der Waals surface area contributed by atoms with Crippen molar-refractivity contribution in [3.63, 3.8) is 0 Å². The van der Waals surface area contributed by atoms with Crippen LogP contribution in [0.1, 0.15) is 35.6 Å². The third-order valence-corrected chi connectivity index (χ3v) is 5.20. The molecule has 1 aromatic heterocycles. The van der Waals surface area contributed by atoms with E-state index in [1.54, 1.807) is 20.5 Å². The molecule has 0 N–H and O–H groups in total. The number of hydrazone groups is 1. The van der Waals surface area contributed by atoms with Gasteiger partial charge in [0, 0.05) is 17.5 Å². The monoisotopic (exact) mass is 376 g/mol. The number of rotatable bonds is 4. The zero-order chi connectivity index (χ0) is 19.1. The van der Waals surface area contributed by atoms with Gasteiger partial charge in [-0.3, -0.25) is 0 Å². The number of fused-ring (bicyclic) bond motifs is 3. The van der Waals surface area contributed by atoms with Crippen molar-refractivity contribution >= 4 is 5.71 Å².